The number of rotatable bonds is 1. The molecule has 116 valence electrons. The summed E-state index contributed by atoms with van der Waals surface area (Å²) in [6, 6.07) is 1.69. The van der Waals surface area contributed by atoms with E-state index >= 15 is 0 Å². The molecular formula is C12H13N5O5. The first-order valence-electron chi connectivity index (χ1n) is 6.53. The molecule has 1 unspecified atom stereocenters. The monoisotopic (exact) mass is 307 g/mol. The van der Waals surface area contributed by atoms with Crippen LogP contribution in [0.5, 0.6) is 0 Å². The maximum Gasteiger partial charge on any atom is 0.509 e. The average Bonchev–Trinajstić information content (AvgIpc) is 3.03. The SMILES string of the molecule is C[C@@]12OC(=O)O[C@@H]1C(O)O[C@H]2n1ccc2c(N)nc(N)nc21. The Morgan fingerprint density at radius 3 is 2.95 bits per heavy atom. The Hall–Kier alpha value is -2.59. The second kappa shape index (κ2) is 3.99. The van der Waals surface area contributed by atoms with Crippen molar-refractivity contribution in [1.82, 2.24) is 14.5 Å². The van der Waals surface area contributed by atoms with Crippen LogP contribution < -0.4 is 11.5 Å². The molecule has 2 aliphatic heterocycles. The van der Waals surface area contributed by atoms with Crippen LogP contribution in [0.3, 0.4) is 0 Å². The van der Waals surface area contributed by atoms with Crippen LogP contribution in [0.1, 0.15) is 13.2 Å². The molecule has 2 fully saturated rings. The van der Waals surface area contributed by atoms with Crippen molar-refractivity contribution in [3.8, 4) is 0 Å². The van der Waals surface area contributed by atoms with Gasteiger partial charge in [0.1, 0.15) is 11.5 Å². The number of nitrogens with two attached hydrogens (primary N) is 2. The number of ether oxygens (including phenoxy) is 3. The molecule has 2 aromatic heterocycles. The number of anilines is 2. The molecule has 0 spiro atoms. The molecule has 0 amide bonds. The summed E-state index contributed by atoms with van der Waals surface area (Å²) in [5.41, 5.74) is 10.6. The first-order valence-corrected chi connectivity index (χ1v) is 6.53. The van der Waals surface area contributed by atoms with Gasteiger partial charge in [0.25, 0.3) is 0 Å². The predicted molar refractivity (Wildman–Crippen MR) is 72.2 cm³/mol. The first kappa shape index (κ1) is 13.1. The Bertz CT molecular complexity index is 792. The summed E-state index contributed by atoms with van der Waals surface area (Å²) in [5.74, 6) is 0.228. The molecule has 2 aromatic rings. The molecule has 4 rings (SSSR count). The number of nitrogens with zero attached hydrogens (tertiary/aromatic N) is 3. The average molecular weight is 307 g/mol. The van der Waals surface area contributed by atoms with Crippen LogP contribution in [0.4, 0.5) is 16.6 Å². The minimum Gasteiger partial charge on any atom is -0.421 e. The predicted octanol–water partition coefficient (Wildman–Crippen LogP) is -0.263. The van der Waals surface area contributed by atoms with Crippen molar-refractivity contribution in [2.75, 3.05) is 11.5 Å². The molecule has 5 N–H and O–H groups in total. The van der Waals surface area contributed by atoms with E-state index < -0.39 is 30.4 Å². The molecular weight excluding hydrogens is 294 g/mol. The minimum atomic E-state index is -1.31. The summed E-state index contributed by atoms with van der Waals surface area (Å²) >= 11 is 0. The standard InChI is InChI=1S/C12H13N5O5/c1-12-5(20-11(19)22-12)8(18)21-9(12)17-3-2-4-6(13)15-10(14)16-7(4)17/h2-3,5,8-9,18H,1H3,(H4,13,14,15,16)/t5-,8?,9-,12-/m1/s1. The number of aromatic nitrogens is 3. The van der Waals surface area contributed by atoms with E-state index in [1.807, 2.05) is 0 Å². The number of aliphatic hydroxyl groups excluding tert-OH is 1. The van der Waals surface area contributed by atoms with Crippen molar-refractivity contribution in [3.63, 3.8) is 0 Å². The van der Waals surface area contributed by atoms with Crippen molar-refractivity contribution in [2.45, 2.75) is 31.1 Å². The fraction of sp³-hybridized carbons (Fsp3) is 0.417. The Kier molecular flexibility index (Phi) is 2.37. The molecule has 0 saturated carbocycles. The topological polar surface area (TPSA) is 148 Å². The van der Waals surface area contributed by atoms with E-state index in [-0.39, 0.29) is 11.8 Å². The highest BCUT2D eigenvalue weighted by Gasteiger charge is 2.64. The molecule has 10 heteroatoms. The van der Waals surface area contributed by atoms with Crippen molar-refractivity contribution < 1.29 is 24.1 Å². The maximum absolute atomic E-state index is 11.4. The highest BCUT2D eigenvalue weighted by atomic mass is 16.8. The molecule has 22 heavy (non-hydrogen) atoms. The quantitative estimate of drug-likeness (QED) is 0.605. The van der Waals surface area contributed by atoms with Crippen LogP contribution in [0.25, 0.3) is 11.0 Å². The number of fused-ring (bicyclic) bond motifs is 2. The van der Waals surface area contributed by atoms with Crippen molar-refractivity contribution in [1.29, 1.82) is 0 Å². The van der Waals surface area contributed by atoms with Gasteiger partial charge in [-0.1, -0.05) is 0 Å². The molecule has 0 radical (unpaired) electrons. The third-order valence-electron chi connectivity index (χ3n) is 3.98. The molecule has 0 bridgehead atoms. The molecule has 2 aliphatic rings. The normalized spacial score (nSPS) is 33.7. The van der Waals surface area contributed by atoms with Gasteiger partial charge in [0.2, 0.25) is 5.95 Å². The zero-order valence-electron chi connectivity index (χ0n) is 11.5. The third-order valence-corrected chi connectivity index (χ3v) is 3.98. The molecule has 0 aliphatic carbocycles. The van der Waals surface area contributed by atoms with Crippen LogP contribution in [0, 0.1) is 0 Å². The maximum atomic E-state index is 11.4. The van der Waals surface area contributed by atoms with Gasteiger partial charge in [-0.25, -0.2) is 4.79 Å². The fourth-order valence-electron chi connectivity index (χ4n) is 2.96. The van der Waals surface area contributed by atoms with E-state index in [9.17, 15) is 9.90 Å². The van der Waals surface area contributed by atoms with Crippen molar-refractivity contribution in [2.24, 2.45) is 0 Å². The molecule has 4 atom stereocenters. The van der Waals surface area contributed by atoms with Gasteiger partial charge in [-0.15, -0.1) is 0 Å². The van der Waals surface area contributed by atoms with E-state index in [4.69, 9.17) is 25.7 Å². The lowest BCUT2D eigenvalue weighted by molar-refractivity contribution is -0.153. The molecule has 4 heterocycles. The Labute approximate surface area is 123 Å². The minimum absolute atomic E-state index is 0.00450. The lowest BCUT2D eigenvalue weighted by atomic mass is 9.99. The lowest BCUT2D eigenvalue weighted by Crippen LogP contribution is -2.41. The summed E-state index contributed by atoms with van der Waals surface area (Å²) in [7, 11) is 0. The van der Waals surface area contributed by atoms with Crippen LogP contribution >= 0.6 is 0 Å². The van der Waals surface area contributed by atoms with Gasteiger partial charge in [0.15, 0.2) is 24.2 Å². The van der Waals surface area contributed by atoms with Crippen LogP contribution in [-0.4, -0.2) is 43.8 Å². The highest BCUT2D eigenvalue weighted by molar-refractivity contribution is 5.87. The van der Waals surface area contributed by atoms with E-state index in [0.29, 0.717) is 11.0 Å². The summed E-state index contributed by atoms with van der Waals surface area (Å²) in [4.78, 5) is 19.4. The van der Waals surface area contributed by atoms with Gasteiger partial charge < -0.3 is 35.4 Å². The van der Waals surface area contributed by atoms with Crippen molar-refractivity contribution >= 4 is 29.0 Å². The van der Waals surface area contributed by atoms with Gasteiger partial charge in [-0.05, 0) is 13.0 Å². The number of aliphatic hydroxyl groups is 1. The van der Waals surface area contributed by atoms with E-state index in [1.54, 1.807) is 23.8 Å². The van der Waals surface area contributed by atoms with Gasteiger partial charge >= 0.3 is 6.16 Å². The van der Waals surface area contributed by atoms with E-state index in [1.165, 1.54) is 0 Å². The third kappa shape index (κ3) is 1.53. The Balaban J connectivity index is 1.87. The van der Waals surface area contributed by atoms with Crippen molar-refractivity contribution in [3.05, 3.63) is 12.3 Å². The first-order chi connectivity index (χ1) is 10.4. The highest BCUT2D eigenvalue weighted by Crippen LogP contribution is 2.46. The number of carbonyl (C=O) groups is 1. The zero-order valence-corrected chi connectivity index (χ0v) is 11.5. The second-order valence-electron chi connectivity index (χ2n) is 5.38. The Morgan fingerprint density at radius 1 is 1.41 bits per heavy atom. The van der Waals surface area contributed by atoms with E-state index in [0.717, 1.165) is 0 Å². The summed E-state index contributed by atoms with van der Waals surface area (Å²) in [6.45, 7) is 1.61. The number of hydrogen-bond acceptors (Lipinski definition) is 9. The van der Waals surface area contributed by atoms with Crippen LogP contribution in [0.2, 0.25) is 0 Å². The second-order valence-corrected chi connectivity index (χ2v) is 5.38. The van der Waals surface area contributed by atoms with Crippen LogP contribution in [0.15, 0.2) is 12.3 Å². The largest absolute Gasteiger partial charge is 0.509 e. The molecule has 2 saturated heterocycles. The van der Waals surface area contributed by atoms with Gasteiger partial charge in [-0.2, -0.15) is 9.97 Å². The summed E-state index contributed by atoms with van der Waals surface area (Å²) in [5, 5.41) is 10.5. The lowest BCUT2D eigenvalue weighted by Gasteiger charge is -2.26. The molecule has 10 nitrogen and oxygen atoms in total. The van der Waals surface area contributed by atoms with Gasteiger partial charge in [-0.3, -0.25) is 0 Å². The molecule has 0 aromatic carbocycles. The smallest absolute Gasteiger partial charge is 0.421 e. The number of nitrogen functional groups attached to an aromatic ring is 2. The van der Waals surface area contributed by atoms with E-state index in [2.05, 4.69) is 9.97 Å². The zero-order chi connectivity index (χ0) is 15.6. The van der Waals surface area contributed by atoms with Crippen LogP contribution in [-0.2, 0) is 14.2 Å². The van der Waals surface area contributed by atoms with Gasteiger partial charge in [0.05, 0.1) is 5.39 Å². The van der Waals surface area contributed by atoms with Gasteiger partial charge in [0, 0.05) is 6.20 Å². The fourth-order valence-corrected chi connectivity index (χ4v) is 2.96. The number of hydrogen-bond donors (Lipinski definition) is 3. The number of carbonyl (C=O) groups excluding carboxylic acids is 1. The summed E-state index contributed by atoms with van der Waals surface area (Å²) in [6.07, 6.45) is -2.30. The Morgan fingerprint density at radius 2 is 2.18 bits per heavy atom. The summed E-state index contributed by atoms with van der Waals surface area (Å²) < 4.78 is 17.2.